The van der Waals surface area contributed by atoms with E-state index in [2.05, 4.69) is 0 Å². The van der Waals surface area contributed by atoms with Crippen LogP contribution in [-0.4, -0.2) is 41.6 Å². The standard InChI is InChI=1S/C16H20NO6P/c18-13-11-17(12-14-19)23-24(20,21-15-7-3-1-4-8-15)22-16-9-5-2-6-10-16/h1-10,18-19H,11-14H2. The van der Waals surface area contributed by atoms with Gasteiger partial charge < -0.3 is 19.3 Å². The molecule has 0 aliphatic rings. The first-order valence-corrected chi connectivity index (χ1v) is 8.87. The maximum Gasteiger partial charge on any atom is 0.604 e. The minimum atomic E-state index is -4.07. The molecule has 8 heteroatoms. The van der Waals surface area contributed by atoms with Gasteiger partial charge in [0.15, 0.2) is 0 Å². The highest BCUT2D eigenvalue weighted by molar-refractivity contribution is 7.49. The normalized spacial score (nSPS) is 11.5. The average Bonchev–Trinajstić information content (AvgIpc) is 2.57. The molecule has 2 aromatic rings. The monoisotopic (exact) mass is 353 g/mol. The van der Waals surface area contributed by atoms with E-state index in [1.54, 1.807) is 60.7 Å². The number of hydrogen-bond acceptors (Lipinski definition) is 7. The summed E-state index contributed by atoms with van der Waals surface area (Å²) in [5, 5.41) is 19.3. The molecule has 0 fully saturated rings. The molecule has 0 radical (unpaired) electrons. The summed E-state index contributed by atoms with van der Waals surface area (Å²) in [6, 6.07) is 17.0. The lowest BCUT2D eigenvalue weighted by Crippen LogP contribution is -2.30. The number of aliphatic hydroxyl groups is 2. The molecule has 2 rings (SSSR count). The van der Waals surface area contributed by atoms with Crippen LogP contribution in [0.15, 0.2) is 60.7 Å². The number of hydroxylamine groups is 2. The van der Waals surface area contributed by atoms with E-state index >= 15 is 0 Å². The van der Waals surface area contributed by atoms with Gasteiger partial charge in [-0.2, -0.15) is 9.69 Å². The molecule has 0 heterocycles. The highest BCUT2D eigenvalue weighted by Crippen LogP contribution is 2.50. The number of para-hydroxylation sites is 2. The second-order valence-corrected chi connectivity index (χ2v) is 6.14. The fourth-order valence-corrected chi connectivity index (χ4v) is 3.14. The molecular weight excluding hydrogens is 333 g/mol. The quantitative estimate of drug-likeness (QED) is 0.501. The molecule has 0 aliphatic heterocycles. The van der Waals surface area contributed by atoms with E-state index in [0.29, 0.717) is 11.5 Å². The molecule has 130 valence electrons. The molecular formula is C16H20NO6P. The molecule has 24 heavy (non-hydrogen) atoms. The molecule has 0 saturated carbocycles. The van der Waals surface area contributed by atoms with Gasteiger partial charge in [0.1, 0.15) is 11.5 Å². The maximum atomic E-state index is 13.0. The fourth-order valence-electron chi connectivity index (χ4n) is 1.83. The van der Waals surface area contributed by atoms with E-state index in [4.69, 9.17) is 23.9 Å². The molecule has 0 aromatic heterocycles. The maximum absolute atomic E-state index is 13.0. The summed E-state index contributed by atoms with van der Waals surface area (Å²) in [6.45, 7) is -0.394. The summed E-state index contributed by atoms with van der Waals surface area (Å²) in [6.07, 6.45) is 0. The zero-order valence-corrected chi connectivity index (χ0v) is 13.9. The van der Waals surface area contributed by atoms with Crippen LogP contribution in [0.3, 0.4) is 0 Å². The number of nitrogens with zero attached hydrogens (tertiary/aromatic N) is 1. The molecule has 7 nitrogen and oxygen atoms in total. The highest BCUT2D eigenvalue weighted by atomic mass is 31.2. The van der Waals surface area contributed by atoms with Crippen LogP contribution in [0.5, 0.6) is 11.5 Å². The van der Waals surface area contributed by atoms with E-state index in [9.17, 15) is 4.57 Å². The third-order valence-corrected chi connectivity index (χ3v) is 4.13. The van der Waals surface area contributed by atoms with Crippen LogP contribution in [-0.2, 0) is 9.19 Å². The molecule has 0 bridgehead atoms. The Morgan fingerprint density at radius 2 is 1.21 bits per heavy atom. The summed E-state index contributed by atoms with van der Waals surface area (Å²) in [5.41, 5.74) is 0. The average molecular weight is 353 g/mol. The largest absolute Gasteiger partial charge is 0.604 e. The number of rotatable bonds is 10. The van der Waals surface area contributed by atoms with E-state index in [0.717, 1.165) is 5.06 Å². The summed E-state index contributed by atoms with van der Waals surface area (Å²) < 4.78 is 29.3. The van der Waals surface area contributed by atoms with Gasteiger partial charge in [-0.15, -0.1) is 0 Å². The van der Waals surface area contributed by atoms with Crippen LogP contribution in [0.1, 0.15) is 0 Å². The van der Waals surface area contributed by atoms with E-state index in [1.165, 1.54) is 0 Å². The van der Waals surface area contributed by atoms with Crippen LogP contribution >= 0.6 is 7.82 Å². The Morgan fingerprint density at radius 3 is 1.58 bits per heavy atom. The van der Waals surface area contributed by atoms with E-state index in [-0.39, 0.29) is 26.3 Å². The molecule has 0 saturated heterocycles. The number of phosphoric acid groups is 1. The van der Waals surface area contributed by atoms with Crippen molar-refractivity contribution >= 4 is 7.82 Å². The van der Waals surface area contributed by atoms with Gasteiger partial charge in [-0.1, -0.05) is 36.4 Å². The molecule has 0 aliphatic carbocycles. The molecule has 2 aromatic carbocycles. The van der Waals surface area contributed by atoms with Crippen molar-refractivity contribution < 1.29 is 28.5 Å². The van der Waals surface area contributed by atoms with Crippen molar-refractivity contribution in [3.05, 3.63) is 60.7 Å². The van der Waals surface area contributed by atoms with Crippen molar-refractivity contribution in [2.75, 3.05) is 26.3 Å². The minimum absolute atomic E-state index is 0.0425. The third kappa shape index (κ3) is 5.96. The fraction of sp³-hybridized carbons (Fsp3) is 0.250. The van der Waals surface area contributed by atoms with Crippen molar-refractivity contribution in [2.45, 2.75) is 0 Å². The Balaban J connectivity index is 2.20. The predicted octanol–water partition coefficient (Wildman–Crippen LogP) is 2.47. The van der Waals surface area contributed by atoms with Crippen LogP contribution in [0.4, 0.5) is 0 Å². The Bertz CT molecular complexity index is 588. The number of hydrogen-bond donors (Lipinski definition) is 2. The lowest BCUT2D eigenvalue weighted by molar-refractivity contribution is -0.0919. The van der Waals surface area contributed by atoms with Crippen molar-refractivity contribution in [3.63, 3.8) is 0 Å². The SMILES string of the molecule is O=P(Oc1ccccc1)(Oc1ccccc1)ON(CCO)CCO. The van der Waals surface area contributed by atoms with Gasteiger partial charge in [-0.05, 0) is 24.3 Å². The summed E-state index contributed by atoms with van der Waals surface area (Å²) in [7, 11) is -4.07. The van der Waals surface area contributed by atoms with Gasteiger partial charge in [0, 0.05) is 13.1 Å². The van der Waals surface area contributed by atoms with Crippen molar-refractivity contribution in [1.29, 1.82) is 0 Å². The van der Waals surface area contributed by atoms with Crippen LogP contribution in [0.25, 0.3) is 0 Å². The van der Waals surface area contributed by atoms with Crippen LogP contribution in [0, 0.1) is 0 Å². The Hall–Kier alpha value is -1.89. The first kappa shape index (κ1) is 18.4. The Kier molecular flexibility index (Phi) is 7.24. The number of phosphoric ester groups is 1. The summed E-state index contributed by atoms with van der Waals surface area (Å²) in [5.74, 6) is 0.620. The number of benzene rings is 2. The molecule has 0 unspecified atom stereocenters. The minimum Gasteiger partial charge on any atom is -0.395 e. The van der Waals surface area contributed by atoms with Crippen molar-refractivity contribution in [1.82, 2.24) is 5.06 Å². The second-order valence-electron chi connectivity index (χ2n) is 4.71. The van der Waals surface area contributed by atoms with Gasteiger partial charge >= 0.3 is 7.82 Å². The summed E-state index contributed by atoms with van der Waals surface area (Å²) >= 11 is 0. The van der Waals surface area contributed by atoms with Crippen LogP contribution < -0.4 is 9.05 Å². The second kappa shape index (κ2) is 9.42. The van der Waals surface area contributed by atoms with E-state index < -0.39 is 7.82 Å². The molecule has 2 N–H and O–H groups in total. The topological polar surface area (TPSA) is 88.5 Å². The highest BCUT2D eigenvalue weighted by Gasteiger charge is 2.34. The van der Waals surface area contributed by atoms with Gasteiger partial charge in [-0.25, -0.2) is 4.57 Å². The number of aliphatic hydroxyl groups excluding tert-OH is 2. The predicted molar refractivity (Wildman–Crippen MR) is 88.6 cm³/mol. The molecule has 0 atom stereocenters. The Labute approximate surface area is 140 Å². The third-order valence-electron chi connectivity index (χ3n) is 2.84. The summed E-state index contributed by atoms with van der Waals surface area (Å²) in [4.78, 5) is 0. The zero-order chi connectivity index (χ0) is 17.3. The zero-order valence-electron chi connectivity index (χ0n) is 13.0. The molecule has 0 amide bonds. The van der Waals surface area contributed by atoms with Gasteiger partial charge in [0.05, 0.1) is 13.2 Å². The van der Waals surface area contributed by atoms with Crippen LogP contribution in [0.2, 0.25) is 0 Å². The lowest BCUT2D eigenvalue weighted by atomic mass is 10.3. The van der Waals surface area contributed by atoms with Gasteiger partial charge in [0.25, 0.3) is 0 Å². The van der Waals surface area contributed by atoms with Crippen molar-refractivity contribution in [2.24, 2.45) is 0 Å². The smallest absolute Gasteiger partial charge is 0.395 e. The first-order chi connectivity index (χ1) is 11.6. The first-order valence-electron chi connectivity index (χ1n) is 7.41. The van der Waals surface area contributed by atoms with Gasteiger partial charge in [0.2, 0.25) is 0 Å². The molecule has 0 spiro atoms. The van der Waals surface area contributed by atoms with Crippen molar-refractivity contribution in [3.8, 4) is 11.5 Å². The lowest BCUT2D eigenvalue weighted by Gasteiger charge is -2.25. The van der Waals surface area contributed by atoms with Gasteiger partial charge in [-0.3, -0.25) is 0 Å². The van der Waals surface area contributed by atoms with E-state index in [1.807, 2.05) is 0 Å². The Morgan fingerprint density at radius 1 is 0.792 bits per heavy atom.